The number of nitrogens with zero attached hydrogens (tertiary/aromatic N) is 4. The number of aryl methyl sites for hydroxylation is 1. The lowest BCUT2D eigenvalue weighted by Crippen LogP contribution is -2.45. The summed E-state index contributed by atoms with van der Waals surface area (Å²) in [7, 11) is 1.61. The van der Waals surface area contributed by atoms with Crippen LogP contribution in [0, 0.1) is 12.7 Å². The zero-order chi connectivity index (χ0) is 20.4. The van der Waals surface area contributed by atoms with E-state index in [9.17, 15) is 9.18 Å². The van der Waals surface area contributed by atoms with E-state index in [0.717, 1.165) is 43.0 Å². The fraction of sp³-hybridized carbons (Fsp3) is 0.364. The predicted octanol–water partition coefficient (Wildman–Crippen LogP) is 2.47. The van der Waals surface area contributed by atoms with Gasteiger partial charge in [-0.2, -0.15) is 0 Å². The molecule has 0 bridgehead atoms. The van der Waals surface area contributed by atoms with Crippen LogP contribution in [-0.2, 0) is 13.1 Å². The summed E-state index contributed by atoms with van der Waals surface area (Å²) in [5, 5.41) is 0. The third kappa shape index (κ3) is 4.46. The van der Waals surface area contributed by atoms with E-state index in [0.29, 0.717) is 24.5 Å². The van der Waals surface area contributed by atoms with Crippen LogP contribution in [0.2, 0.25) is 0 Å². The molecule has 3 heterocycles. The molecule has 1 aliphatic rings. The predicted molar refractivity (Wildman–Crippen MR) is 110 cm³/mol. The van der Waals surface area contributed by atoms with Gasteiger partial charge in [0, 0.05) is 57.1 Å². The second-order valence-corrected chi connectivity index (χ2v) is 7.53. The molecule has 1 fully saturated rings. The van der Waals surface area contributed by atoms with E-state index in [-0.39, 0.29) is 11.4 Å². The number of methoxy groups -OCH3 is 1. The van der Waals surface area contributed by atoms with Gasteiger partial charge in [0.25, 0.3) is 5.56 Å². The number of piperazine rings is 1. The summed E-state index contributed by atoms with van der Waals surface area (Å²) < 4.78 is 20.5. The Kier molecular flexibility index (Phi) is 5.60. The first kappa shape index (κ1) is 19.5. The van der Waals surface area contributed by atoms with E-state index in [4.69, 9.17) is 4.74 Å². The molecule has 0 spiro atoms. The molecule has 7 heteroatoms. The van der Waals surface area contributed by atoms with E-state index < -0.39 is 0 Å². The van der Waals surface area contributed by atoms with E-state index in [1.54, 1.807) is 29.7 Å². The molecule has 1 aromatic carbocycles. The molecule has 0 unspecified atom stereocenters. The first-order valence-electron chi connectivity index (χ1n) is 9.78. The third-order valence-electron chi connectivity index (χ3n) is 5.35. The van der Waals surface area contributed by atoms with Crippen LogP contribution < -0.4 is 10.3 Å². The Balaban J connectivity index is 1.39. The topological polar surface area (TPSA) is 50.1 Å². The summed E-state index contributed by atoms with van der Waals surface area (Å²) in [6, 6.07) is 10.1. The second kappa shape index (κ2) is 8.31. The van der Waals surface area contributed by atoms with Crippen LogP contribution in [0.1, 0.15) is 16.8 Å². The van der Waals surface area contributed by atoms with Crippen LogP contribution in [0.4, 0.5) is 4.39 Å². The maximum atomic E-state index is 13.6. The minimum atomic E-state index is -0.247. The van der Waals surface area contributed by atoms with Crippen LogP contribution >= 0.6 is 0 Å². The fourth-order valence-electron chi connectivity index (χ4n) is 3.79. The van der Waals surface area contributed by atoms with Crippen molar-refractivity contribution in [3.8, 4) is 5.75 Å². The molecule has 4 rings (SSSR count). The van der Waals surface area contributed by atoms with Crippen molar-refractivity contribution in [3.05, 3.63) is 75.6 Å². The average Bonchev–Trinajstić information content (AvgIpc) is 2.70. The Bertz CT molecular complexity index is 1070. The number of hydrogen-bond donors (Lipinski definition) is 0. The van der Waals surface area contributed by atoms with Gasteiger partial charge in [-0.15, -0.1) is 0 Å². The Morgan fingerprint density at radius 1 is 1.03 bits per heavy atom. The van der Waals surface area contributed by atoms with Crippen molar-refractivity contribution in [1.82, 2.24) is 19.2 Å². The zero-order valence-corrected chi connectivity index (χ0v) is 16.8. The number of rotatable bonds is 5. The Hall–Kier alpha value is -2.77. The smallest absolute Gasteiger partial charge is 0.258 e. The molecule has 0 N–H and O–H groups in total. The standard InChI is InChI=1S/C22H25FN4O2/c1-16-3-6-21-24-19(12-22(28)27(21)13-16)15-26-9-7-25(8-10-26)14-17-11-18(23)4-5-20(17)29-2/h3-6,11-13H,7-10,14-15H2,1-2H3. The number of halogens is 1. The maximum Gasteiger partial charge on any atom is 0.258 e. The van der Waals surface area contributed by atoms with Gasteiger partial charge in [0.2, 0.25) is 0 Å². The van der Waals surface area contributed by atoms with Crippen LogP contribution in [0.3, 0.4) is 0 Å². The molecular formula is C22H25FN4O2. The number of ether oxygens (including phenoxy) is 1. The Labute approximate surface area is 169 Å². The summed E-state index contributed by atoms with van der Waals surface area (Å²) in [5.41, 5.74) is 3.31. The highest BCUT2D eigenvalue weighted by molar-refractivity contribution is 5.40. The monoisotopic (exact) mass is 396 g/mol. The van der Waals surface area contributed by atoms with Crippen molar-refractivity contribution in [2.24, 2.45) is 0 Å². The number of aromatic nitrogens is 2. The average molecular weight is 396 g/mol. The summed E-state index contributed by atoms with van der Waals surface area (Å²) in [6.07, 6.45) is 1.81. The van der Waals surface area contributed by atoms with Crippen molar-refractivity contribution in [2.75, 3.05) is 33.3 Å². The number of pyridine rings is 1. The lowest BCUT2D eigenvalue weighted by Gasteiger charge is -2.34. The van der Waals surface area contributed by atoms with Crippen molar-refractivity contribution in [1.29, 1.82) is 0 Å². The van der Waals surface area contributed by atoms with Crippen molar-refractivity contribution in [2.45, 2.75) is 20.0 Å². The SMILES string of the molecule is COc1ccc(F)cc1CN1CCN(Cc2cc(=O)n3cc(C)ccc3n2)CC1. The summed E-state index contributed by atoms with van der Waals surface area (Å²) in [5.74, 6) is 0.466. The lowest BCUT2D eigenvalue weighted by molar-refractivity contribution is 0.120. The molecule has 0 saturated carbocycles. The molecule has 1 saturated heterocycles. The van der Waals surface area contributed by atoms with Gasteiger partial charge < -0.3 is 4.74 Å². The van der Waals surface area contributed by atoms with Crippen molar-refractivity contribution in [3.63, 3.8) is 0 Å². The van der Waals surface area contributed by atoms with Gasteiger partial charge >= 0.3 is 0 Å². The number of hydrogen-bond acceptors (Lipinski definition) is 5. The summed E-state index contributed by atoms with van der Waals surface area (Å²) >= 11 is 0. The van der Waals surface area contributed by atoms with Gasteiger partial charge in [-0.05, 0) is 36.8 Å². The van der Waals surface area contributed by atoms with E-state index in [1.165, 1.54) is 6.07 Å². The highest BCUT2D eigenvalue weighted by atomic mass is 19.1. The molecule has 1 aliphatic heterocycles. The molecule has 0 amide bonds. The van der Waals surface area contributed by atoms with Gasteiger partial charge in [-0.25, -0.2) is 9.37 Å². The first-order chi connectivity index (χ1) is 14.0. The highest BCUT2D eigenvalue weighted by Gasteiger charge is 2.19. The van der Waals surface area contributed by atoms with Crippen LogP contribution in [0.5, 0.6) is 5.75 Å². The summed E-state index contributed by atoms with van der Waals surface area (Å²) in [6.45, 7) is 6.73. The Morgan fingerprint density at radius 3 is 2.48 bits per heavy atom. The molecule has 152 valence electrons. The van der Waals surface area contributed by atoms with Gasteiger partial charge in [0.1, 0.15) is 17.2 Å². The minimum Gasteiger partial charge on any atom is -0.496 e. The Morgan fingerprint density at radius 2 is 1.76 bits per heavy atom. The number of benzene rings is 1. The minimum absolute atomic E-state index is 0.0504. The van der Waals surface area contributed by atoms with E-state index in [2.05, 4.69) is 14.8 Å². The van der Waals surface area contributed by atoms with Crippen LogP contribution in [-0.4, -0.2) is 52.5 Å². The highest BCUT2D eigenvalue weighted by Crippen LogP contribution is 2.22. The van der Waals surface area contributed by atoms with Gasteiger partial charge in [-0.1, -0.05) is 6.07 Å². The molecule has 6 nitrogen and oxygen atoms in total. The zero-order valence-electron chi connectivity index (χ0n) is 16.8. The van der Waals surface area contributed by atoms with E-state index in [1.807, 2.05) is 25.3 Å². The third-order valence-corrected chi connectivity index (χ3v) is 5.35. The van der Waals surface area contributed by atoms with Gasteiger partial charge in [0.15, 0.2) is 0 Å². The quantitative estimate of drug-likeness (QED) is 0.663. The largest absolute Gasteiger partial charge is 0.496 e. The maximum absolute atomic E-state index is 13.6. The van der Waals surface area contributed by atoms with Crippen LogP contribution in [0.15, 0.2) is 47.4 Å². The van der Waals surface area contributed by atoms with Gasteiger partial charge in [-0.3, -0.25) is 19.0 Å². The molecule has 0 atom stereocenters. The molecule has 29 heavy (non-hydrogen) atoms. The van der Waals surface area contributed by atoms with E-state index >= 15 is 0 Å². The normalized spacial score (nSPS) is 15.7. The molecule has 0 radical (unpaired) electrons. The second-order valence-electron chi connectivity index (χ2n) is 7.53. The molecule has 0 aliphatic carbocycles. The lowest BCUT2D eigenvalue weighted by atomic mass is 10.1. The molecule has 3 aromatic rings. The first-order valence-corrected chi connectivity index (χ1v) is 9.78. The van der Waals surface area contributed by atoms with Crippen molar-refractivity contribution < 1.29 is 9.13 Å². The molecule has 2 aromatic heterocycles. The fourth-order valence-corrected chi connectivity index (χ4v) is 3.79. The number of fused-ring (bicyclic) bond motifs is 1. The van der Waals surface area contributed by atoms with Crippen LogP contribution in [0.25, 0.3) is 5.65 Å². The van der Waals surface area contributed by atoms with Gasteiger partial charge in [0.05, 0.1) is 12.8 Å². The molecular weight excluding hydrogens is 371 g/mol. The summed E-state index contributed by atoms with van der Waals surface area (Å²) in [4.78, 5) is 21.6. The van der Waals surface area contributed by atoms with Crippen molar-refractivity contribution >= 4 is 5.65 Å².